The minimum Gasteiger partial charge on any atom is -0.266 e. The lowest BCUT2D eigenvalue weighted by atomic mass is 9.89. The van der Waals surface area contributed by atoms with E-state index in [0.29, 0.717) is 5.41 Å². The number of hydrogen-bond donors (Lipinski definition) is 0. The van der Waals surface area contributed by atoms with Crippen molar-refractivity contribution in [3.8, 4) is 12.3 Å². The predicted octanol–water partition coefficient (Wildman–Crippen LogP) is 8.91. The highest BCUT2D eigenvalue weighted by Gasteiger charge is 2.10. The minimum absolute atomic E-state index is 0.371. The molecule has 0 unspecified atom stereocenters. The summed E-state index contributed by atoms with van der Waals surface area (Å²) in [7, 11) is 0. The molecule has 0 aliphatic heterocycles. The zero-order chi connectivity index (χ0) is 24.7. The van der Waals surface area contributed by atoms with Crippen LogP contribution < -0.4 is 0 Å². The van der Waals surface area contributed by atoms with Gasteiger partial charge in [0.1, 0.15) is 0 Å². The zero-order valence-corrected chi connectivity index (χ0v) is 22.5. The van der Waals surface area contributed by atoms with Gasteiger partial charge in [0.2, 0.25) is 0 Å². The molecule has 0 spiro atoms. The third-order valence-electron chi connectivity index (χ3n) is 4.37. The van der Waals surface area contributed by atoms with Gasteiger partial charge >= 0.3 is 0 Å². The summed E-state index contributed by atoms with van der Waals surface area (Å²) in [5.41, 5.74) is 6.00. The van der Waals surface area contributed by atoms with Crippen molar-refractivity contribution in [2.45, 2.75) is 81.6 Å². The Morgan fingerprint density at radius 2 is 1.88 bits per heavy atom. The van der Waals surface area contributed by atoms with E-state index >= 15 is 0 Å². The van der Waals surface area contributed by atoms with Crippen molar-refractivity contribution in [2.24, 2.45) is 10.4 Å². The van der Waals surface area contributed by atoms with Crippen LogP contribution in [0.3, 0.4) is 0 Å². The van der Waals surface area contributed by atoms with Gasteiger partial charge in [0.05, 0.1) is 5.01 Å². The summed E-state index contributed by atoms with van der Waals surface area (Å²) in [6.07, 6.45) is 12.5. The molecule has 0 aliphatic carbocycles. The normalized spacial score (nSPS) is 11.5. The Morgan fingerprint density at radius 3 is 2.28 bits per heavy atom. The van der Waals surface area contributed by atoms with Crippen molar-refractivity contribution in [1.82, 2.24) is 4.98 Å². The summed E-state index contributed by atoms with van der Waals surface area (Å²) in [5, 5.41) is 1.17. The number of terminal acetylenes is 1. The van der Waals surface area contributed by atoms with E-state index in [9.17, 15) is 0 Å². The molecule has 0 N–H and O–H groups in total. The van der Waals surface area contributed by atoms with Gasteiger partial charge < -0.3 is 0 Å². The molecule has 1 aromatic heterocycles. The SMILES string of the molecule is C#Cc1cccc(C(=C)C)c1.CCC(C)=N/C=C(\C)CC(C)(C)C.CCc1cnc(C)s1. The Labute approximate surface area is 201 Å². The molecule has 3 heteroatoms. The number of thiazole rings is 1. The van der Waals surface area contributed by atoms with Gasteiger partial charge in [-0.15, -0.1) is 17.8 Å². The van der Waals surface area contributed by atoms with Crippen LogP contribution in [-0.2, 0) is 6.42 Å². The lowest BCUT2D eigenvalue weighted by Gasteiger charge is -2.17. The van der Waals surface area contributed by atoms with Gasteiger partial charge in [0.15, 0.2) is 0 Å². The maximum atomic E-state index is 5.24. The van der Waals surface area contributed by atoms with Gasteiger partial charge in [-0.2, -0.15) is 0 Å². The second-order valence-electron chi connectivity index (χ2n) is 9.14. The van der Waals surface area contributed by atoms with E-state index in [1.54, 1.807) is 11.3 Å². The maximum Gasteiger partial charge on any atom is 0.0896 e. The van der Waals surface area contributed by atoms with Gasteiger partial charge in [0.25, 0.3) is 0 Å². The fourth-order valence-electron chi connectivity index (χ4n) is 2.64. The summed E-state index contributed by atoms with van der Waals surface area (Å²) in [4.78, 5) is 9.86. The van der Waals surface area contributed by atoms with E-state index in [1.807, 2.05) is 50.5 Å². The number of nitrogens with zero attached hydrogens (tertiary/aromatic N) is 2. The van der Waals surface area contributed by atoms with Crippen LogP contribution in [0.1, 0.15) is 89.2 Å². The molecule has 0 amide bonds. The molecular weight excluding hydrogens is 408 g/mol. The molecule has 0 radical (unpaired) electrons. The van der Waals surface area contributed by atoms with Crippen LogP contribution in [-0.4, -0.2) is 10.7 Å². The number of rotatable bonds is 5. The molecule has 174 valence electrons. The lowest BCUT2D eigenvalue weighted by molar-refractivity contribution is 0.409. The molecule has 0 fully saturated rings. The standard InChI is InChI=1S/C12H23N.C11H10.C6H9NS/c1-7-11(3)13-9-10(2)8-12(4,5)6;1-4-10-6-5-7-11(8-10)9(2)3;1-3-6-4-7-5(2)8-6/h9H,7-8H2,1-6H3;1,5-8H,2H2,3H3;4H,3H2,1-2H3/b10-9+,13-11?;;. The van der Waals surface area contributed by atoms with Gasteiger partial charge in [-0.3, -0.25) is 4.99 Å². The Bertz CT molecular complexity index is 931. The molecule has 2 nitrogen and oxygen atoms in total. The maximum absolute atomic E-state index is 5.24. The van der Waals surface area contributed by atoms with Crippen molar-refractivity contribution in [2.75, 3.05) is 0 Å². The van der Waals surface area contributed by atoms with E-state index in [0.717, 1.165) is 36.0 Å². The molecule has 2 aromatic rings. The van der Waals surface area contributed by atoms with Crippen LogP contribution in [0, 0.1) is 24.7 Å². The van der Waals surface area contributed by atoms with Crippen molar-refractivity contribution in [3.63, 3.8) is 0 Å². The highest BCUT2D eigenvalue weighted by molar-refractivity contribution is 7.11. The molecule has 1 aromatic carbocycles. The van der Waals surface area contributed by atoms with Crippen LogP contribution >= 0.6 is 11.3 Å². The van der Waals surface area contributed by atoms with Gasteiger partial charge in [-0.25, -0.2) is 4.98 Å². The molecule has 0 atom stereocenters. The summed E-state index contributed by atoms with van der Waals surface area (Å²) in [6.45, 7) is 23.1. The molecule has 0 saturated heterocycles. The minimum atomic E-state index is 0.371. The first-order valence-corrected chi connectivity index (χ1v) is 12.1. The summed E-state index contributed by atoms with van der Waals surface area (Å²) < 4.78 is 0. The quantitative estimate of drug-likeness (QED) is 0.330. The largest absolute Gasteiger partial charge is 0.266 e. The van der Waals surface area contributed by atoms with Crippen molar-refractivity contribution >= 4 is 22.6 Å². The fraction of sp³-hybridized carbons (Fsp3) is 0.448. The molecule has 0 bridgehead atoms. The molecule has 1 heterocycles. The van der Waals surface area contributed by atoms with E-state index in [1.165, 1.54) is 21.2 Å². The molecule has 0 saturated carbocycles. The number of aromatic nitrogens is 1. The summed E-state index contributed by atoms with van der Waals surface area (Å²) in [6, 6.07) is 7.82. The van der Waals surface area contributed by atoms with Crippen molar-refractivity contribution in [3.05, 3.63) is 69.8 Å². The van der Waals surface area contributed by atoms with Gasteiger partial charge in [0, 0.05) is 28.5 Å². The first kappa shape index (κ1) is 29.6. The number of aliphatic imine (C=N–C) groups is 1. The van der Waals surface area contributed by atoms with Crippen LogP contribution in [0.4, 0.5) is 0 Å². The van der Waals surface area contributed by atoms with Crippen LogP contribution in [0.25, 0.3) is 5.57 Å². The van der Waals surface area contributed by atoms with Crippen LogP contribution in [0.2, 0.25) is 0 Å². The second kappa shape index (κ2) is 15.4. The number of aryl methyl sites for hydroxylation is 2. The molecule has 0 aliphatic rings. The third kappa shape index (κ3) is 14.5. The zero-order valence-electron chi connectivity index (χ0n) is 21.7. The van der Waals surface area contributed by atoms with E-state index in [4.69, 9.17) is 6.42 Å². The topological polar surface area (TPSA) is 25.2 Å². The fourth-order valence-corrected chi connectivity index (χ4v) is 3.37. The van der Waals surface area contributed by atoms with Gasteiger partial charge in [-0.05, 0) is 70.1 Å². The number of allylic oxidation sites excluding steroid dienone is 2. The Morgan fingerprint density at radius 1 is 1.22 bits per heavy atom. The summed E-state index contributed by atoms with van der Waals surface area (Å²) in [5.74, 6) is 2.58. The Hall–Kier alpha value is -2.44. The third-order valence-corrected chi connectivity index (χ3v) is 5.42. The second-order valence-corrected chi connectivity index (χ2v) is 10.5. The number of benzene rings is 1. The average Bonchev–Trinajstić information content (AvgIpc) is 3.17. The van der Waals surface area contributed by atoms with E-state index in [2.05, 4.69) is 70.9 Å². The van der Waals surface area contributed by atoms with E-state index in [-0.39, 0.29) is 0 Å². The first-order chi connectivity index (χ1) is 14.9. The Kier molecular flexibility index (Phi) is 14.2. The predicted molar refractivity (Wildman–Crippen MR) is 147 cm³/mol. The highest BCUT2D eigenvalue weighted by Crippen LogP contribution is 2.23. The monoisotopic (exact) mass is 450 g/mol. The highest BCUT2D eigenvalue weighted by atomic mass is 32.1. The van der Waals surface area contributed by atoms with Gasteiger partial charge in [-0.1, -0.05) is 70.4 Å². The Balaban J connectivity index is 0.000000462. The van der Waals surface area contributed by atoms with Crippen molar-refractivity contribution in [1.29, 1.82) is 0 Å². The summed E-state index contributed by atoms with van der Waals surface area (Å²) >= 11 is 1.78. The lowest BCUT2D eigenvalue weighted by Crippen LogP contribution is -2.04. The average molecular weight is 451 g/mol. The first-order valence-electron chi connectivity index (χ1n) is 11.2. The number of hydrogen-bond acceptors (Lipinski definition) is 3. The van der Waals surface area contributed by atoms with Crippen LogP contribution in [0.15, 0.2) is 53.8 Å². The smallest absolute Gasteiger partial charge is 0.0896 e. The molecule has 32 heavy (non-hydrogen) atoms. The van der Waals surface area contributed by atoms with Crippen LogP contribution in [0.5, 0.6) is 0 Å². The van der Waals surface area contributed by atoms with E-state index < -0.39 is 0 Å². The van der Waals surface area contributed by atoms with Crippen molar-refractivity contribution < 1.29 is 0 Å². The molecule has 2 rings (SSSR count). The molecular formula is C29H42N2S.